The van der Waals surface area contributed by atoms with Gasteiger partial charge in [-0.15, -0.1) is 4.40 Å². The molecule has 9 heteroatoms. The zero-order valence-corrected chi connectivity index (χ0v) is 18.7. The fourth-order valence-corrected chi connectivity index (χ4v) is 6.42. The molecule has 160 valence electrons. The fourth-order valence-electron chi connectivity index (χ4n) is 4.11. The number of sulfonamides is 1. The van der Waals surface area contributed by atoms with Crippen molar-refractivity contribution in [1.29, 1.82) is 0 Å². The van der Waals surface area contributed by atoms with E-state index < -0.39 is 10.0 Å². The third-order valence-electron chi connectivity index (χ3n) is 5.67. The summed E-state index contributed by atoms with van der Waals surface area (Å²) in [6.45, 7) is 3.05. The monoisotopic (exact) mass is 454 g/mol. The molecular weight excluding hydrogens is 432 g/mol. The second-order valence-electron chi connectivity index (χ2n) is 7.64. The van der Waals surface area contributed by atoms with Gasteiger partial charge in [0.1, 0.15) is 10.7 Å². The van der Waals surface area contributed by atoms with Crippen LogP contribution in [0.5, 0.6) is 0 Å². The minimum Gasteiger partial charge on any atom is -0.328 e. The molecule has 0 bridgehead atoms. The van der Waals surface area contributed by atoms with E-state index in [-0.39, 0.29) is 10.8 Å². The molecule has 1 aromatic heterocycles. The average molecular weight is 455 g/mol. The van der Waals surface area contributed by atoms with E-state index in [0.29, 0.717) is 35.2 Å². The van der Waals surface area contributed by atoms with Crippen molar-refractivity contribution in [3.05, 3.63) is 48.0 Å². The van der Waals surface area contributed by atoms with Crippen LogP contribution in [-0.2, 0) is 10.0 Å². The Labute approximate surface area is 185 Å². The summed E-state index contributed by atoms with van der Waals surface area (Å²) in [6.07, 6.45) is 3.63. The highest BCUT2D eigenvalue weighted by Gasteiger charge is 2.32. The molecule has 2 aliphatic heterocycles. The second kappa shape index (κ2) is 7.72. The first-order valence-electron chi connectivity index (χ1n) is 10.4. The van der Waals surface area contributed by atoms with Crippen LogP contribution < -0.4 is 9.80 Å². The Morgan fingerprint density at radius 3 is 2.81 bits per heavy atom. The average Bonchev–Trinajstić information content (AvgIpc) is 3.05. The van der Waals surface area contributed by atoms with Gasteiger partial charge in [-0.3, -0.25) is 9.69 Å². The summed E-state index contributed by atoms with van der Waals surface area (Å²) in [5.74, 6) is 0.332. The molecule has 0 atom stereocenters. The molecule has 2 aromatic carbocycles. The van der Waals surface area contributed by atoms with Gasteiger partial charge >= 0.3 is 0 Å². The van der Waals surface area contributed by atoms with E-state index in [0.717, 1.165) is 36.0 Å². The van der Waals surface area contributed by atoms with Crippen molar-refractivity contribution >= 4 is 54.1 Å². The normalized spacial score (nSPS) is 17.5. The van der Waals surface area contributed by atoms with Crippen molar-refractivity contribution in [2.45, 2.75) is 37.5 Å². The number of anilines is 2. The predicted molar refractivity (Wildman–Crippen MR) is 124 cm³/mol. The van der Waals surface area contributed by atoms with Crippen LogP contribution in [0.15, 0.2) is 51.8 Å². The molecule has 5 rings (SSSR count). The van der Waals surface area contributed by atoms with Gasteiger partial charge < -0.3 is 4.90 Å². The minimum atomic E-state index is -3.84. The maximum Gasteiger partial charge on any atom is 0.286 e. The molecule has 3 aromatic rings. The molecule has 31 heavy (non-hydrogen) atoms. The van der Waals surface area contributed by atoms with Crippen molar-refractivity contribution in [2.24, 2.45) is 4.40 Å². The Bertz CT molecular complexity index is 1280. The van der Waals surface area contributed by atoms with E-state index in [1.165, 1.54) is 17.4 Å². The van der Waals surface area contributed by atoms with Crippen LogP contribution in [0.1, 0.15) is 43.0 Å². The zero-order valence-electron chi connectivity index (χ0n) is 17.1. The minimum absolute atomic E-state index is 0.101. The van der Waals surface area contributed by atoms with Crippen molar-refractivity contribution in [1.82, 2.24) is 4.98 Å². The molecule has 1 amide bonds. The van der Waals surface area contributed by atoms with Gasteiger partial charge in [0.25, 0.3) is 15.9 Å². The van der Waals surface area contributed by atoms with E-state index >= 15 is 0 Å². The first-order valence-corrected chi connectivity index (χ1v) is 12.7. The highest BCUT2D eigenvalue weighted by molar-refractivity contribution is 7.90. The Hall–Kier alpha value is -2.78. The van der Waals surface area contributed by atoms with Gasteiger partial charge in [-0.2, -0.15) is 8.42 Å². The number of para-hydroxylation sites is 1. The number of amidine groups is 1. The summed E-state index contributed by atoms with van der Waals surface area (Å²) in [7, 11) is -3.84. The van der Waals surface area contributed by atoms with Crippen LogP contribution in [0.25, 0.3) is 10.2 Å². The van der Waals surface area contributed by atoms with Gasteiger partial charge in [0, 0.05) is 25.1 Å². The number of thiazole rings is 1. The number of aromatic nitrogens is 1. The predicted octanol–water partition coefficient (Wildman–Crippen LogP) is 4.44. The Kier molecular flexibility index (Phi) is 5.02. The number of fused-ring (bicyclic) bond motifs is 4. The standard InChI is InChI=1S/C22H22N4O3S2/c1-2-25(22-23-16-8-5-6-9-18(16)30-22)21(27)15-11-12-17-19(14-15)31(28,29)24-20-10-4-3-7-13-26(17)20/h5-6,8-9,11-12,14H,2-4,7,10,13H2,1H3. The quantitative estimate of drug-likeness (QED) is 0.584. The van der Waals surface area contributed by atoms with Gasteiger partial charge in [-0.1, -0.05) is 29.9 Å². The van der Waals surface area contributed by atoms with Crippen molar-refractivity contribution < 1.29 is 13.2 Å². The lowest BCUT2D eigenvalue weighted by Gasteiger charge is -2.30. The third kappa shape index (κ3) is 3.51. The van der Waals surface area contributed by atoms with Crippen LogP contribution >= 0.6 is 11.3 Å². The maximum absolute atomic E-state index is 13.3. The zero-order chi connectivity index (χ0) is 21.6. The van der Waals surface area contributed by atoms with Gasteiger partial charge in [0.2, 0.25) is 0 Å². The van der Waals surface area contributed by atoms with Crippen molar-refractivity contribution in [2.75, 3.05) is 22.9 Å². The second-order valence-corrected chi connectivity index (χ2v) is 10.2. The largest absolute Gasteiger partial charge is 0.328 e. The fraction of sp³-hybridized carbons (Fsp3) is 0.318. The maximum atomic E-state index is 13.3. The Morgan fingerprint density at radius 1 is 1.16 bits per heavy atom. The molecule has 0 N–H and O–H groups in total. The number of hydrogen-bond donors (Lipinski definition) is 0. The molecule has 0 spiro atoms. The van der Waals surface area contributed by atoms with Gasteiger partial charge in [0.05, 0.1) is 15.9 Å². The lowest BCUT2D eigenvalue weighted by atomic mass is 10.1. The van der Waals surface area contributed by atoms with Crippen LogP contribution in [0.4, 0.5) is 10.8 Å². The van der Waals surface area contributed by atoms with Crippen LogP contribution in [0.3, 0.4) is 0 Å². The lowest BCUT2D eigenvalue weighted by Crippen LogP contribution is -2.36. The molecule has 2 aliphatic rings. The molecular formula is C22H22N4O3S2. The lowest BCUT2D eigenvalue weighted by molar-refractivity contribution is 0.0988. The van der Waals surface area contributed by atoms with E-state index in [1.807, 2.05) is 36.1 Å². The van der Waals surface area contributed by atoms with E-state index in [1.54, 1.807) is 17.0 Å². The summed E-state index contributed by atoms with van der Waals surface area (Å²) in [5, 5.41) is 0.599. The Morgan fingerprint density at radius 2 is 2.00 bits per heavy atom. The molecule has 3 heterocycles. The first-order chi connectivity index (χ1) is 15.0. The van der Waals surface area contributed by atoms with Gasteiger partial charge in [-0.25, -0.2) is 4.98 Å². The van der Waals surface area contributed by atoms with Crippen LogP contribution in [-0.4, -0.2) is 38.2 Å². The van der Waals surface area contributed by atoms with Crippen LogP contribution in [0.2, 0.25) is 0 Å². The summed E-state index contributed by atoms with van der Waals surface area (Å²) >= 11 is 1.44. The SMILES string of the molecule is CCN(C(=O)c1ccc2c(c1)S(=O)(=O)N=C1CCCCCN12)c1nc2ccccc2s1. The highest BCUT2D eigenvalue weighted by atomic mass is 32.2. The number of carbonyl (C=O) groups excluding carboxylic acids is 1. The first kappa shape index (κ1) is 20.1. The molecule has 0 unspecified atom stereocenters. The third-order valence-corrected chi connectivity index (χ3v) is 8.06. The van der Waals surface area contributed by atoms with E-state index in [9.17, 15) is 13.2 Å². The summed E-state index contributed by atoms with van der Waals surface area (Å²) < 4.78 is 30.9. The highest BCUT2D eigenvalue weighted by Crippen LogP contribution is 2.36. The molecule has 1 saturated heterocycles. The number of carbonyl (C=O) groups is 1. The Balaban J connectivity index is 1.54. The van der Waals surface area contributed by atoms with Crippen molar-refractivity contribution in [3.63, 3.8) is 0 Å². The number of rotatable bonds is 3. The molecule has 0 radical (unpaired) electrons. The topological polar surface area (TPSA) is 82.9 Å². The number of hydrogen-bond acceptors (Lipinski definition) is 6. The van der Waals surface area contributed by atoms with Crippen molar-refractivity contribution in [3.8, 4) is 0 Å². The van der Waals surface area contributed by atoms with E-state index in [2.05, 4.69) is 9.38 Å². The number of amides is 1. The molecule has 7 nitrogen and oxygen atoms in total. The van der Waals surface area contributed by atoms with Gasteiger partial charge in [-0.05, 0) is 50.1 Å². The van der Waals surface area contributed by atoms with Gasteiger partial charge in [0.15, 0.2) is 5.13 Å². The van der Waals surface area contributed by atoms with Crippen LogP contribution in [0, 0.1) is 0 Å². The summed E-state index contributed by atoms with van der Waals surface area (Å²) in [6, 6.07) is 12.7. The smallest absolute Gasteiger partial charge is 0.286 e. The number of benzene rings is 2. The summed E-state index contributed by atoms with van der Waals surface area (Å²) in [4.78, 5) is 21.6. The summed E-state index contributed by atoms with van der Waals surface area (Å²) in [5.41, 5.74) is 1.77. The van der Waals surface area contributed by atoms with E-state index in [4.69, 9.17) is 0 Å². The number of nitrogens with zero attached hydrogens (tertiary/aromatic N) is 4. The molecule has 1 fully saturated rings. The molecule has 0 saturated carbocycles. The molecule has 0 aliphatic carbocycles.